The Bertz CT molecular complexity index is 602. The van der Waals surface area contributed by atoms with Crippen molar-refractivity contribution in [3.8, 4) is 5.75 Å². The van der Waals surface area contributed by atoms with Crippen molar-refractivity contribution >= 4 is 11.4 Å². The van der Waals surface area contributed by atoms with Crippen LogP contribution in [0.4, 0.5) is 15.8 Å². The first-order valence-corrected chi connectivity index (χ1v) is 6.66. The standard InChI is InChI=1S/C17H20FNO/c1-12-11-13(20-17(2,3)4)9-10-15(12)19-16-8-6-5-7-14(16)18/h5-11,19H,1-4H3. The molecule has 0 amide bonds. The molecule has 0 heterocycles. The fourth-order valence-electron chi connectivity index (χ4n) is 1.90. The molecule has 0 aliphatic heterocycles. The van der Waals surface area contributed by atoms with Crippen LogP contribution in [0.2, 0.25) is 0 Å². The summed E-state index contributed by atoms with van der Waals surface area (Å²) in [6.07, 6.45) is 0. The molecule has 0 aliphatic carbocycles. The predicted octanol–water partition coefficient (Wildman–Crippen LogP) is 5.06. The van der Waals surface area contributed by atoms with Crippen LogP contribution in [0.25, 0.3) is 0 Å². The highest BCUT2D eigenvalue weighted by atomic mass is 19.1. The van der Waals surface area contributed by atoms with Crippen LogP contribution in [0, 0.1) is 12.7 Å². The van der Waals surface area contributed by atoms with E-state index in [0.29, 0.717) is 5.69 Å². The highest BCUT2D eigenvalue weighted by Gasteiger charge is 2.12. The topological polar surface area (TPSA) is 21.3 Å². The van der Waals surface area contributed by atoms with E-state index >= 15 is 0 Å². The normalized spacial score (nSPS) is 11.2. The molecule has 0 unspecified atom stereocenters. The van der Waals surface area contributed by atoms with Gasteiger partial charge in [0.2, 0.25) is 0 Å². The summed E-state index contributed by atoms with van der Waals surface area (Å²) in [4.78, 5) is 0. The quantitative estimate of drug-likeness (QED) is 0.844. The molecule has 1 N–H and O–H groups in total. The van der Waals surface area contributed by atoms with Crippen molar-refractivity contribution in [2.75, 3.05) is 5.32 Å². The number of para-hydroxylation sites is 1. The molecular formula is C17H20FNO. The number of aryl methyl sites for hydroxylation is 1. The Kier molecular flexibility index (Phi) is 3.98. The minimum Gasteiger partial charge on any atom is -0.488 e. The number of benzene rings is 2. The van der Waals surface area contributed by atoms with Crippen LogP contribution in [-0.4, -0.2) is 5.60 Å². The molecule has 0 spiro atoms. The largest absolute Gasteiger partial charge is 0.488 e. The van der Waals surface area contributed by atoms with E-state index in [0.717, 1.165) is 17.0 Å². The second-order valence-corrected chi connectivity index (χ2v) is 5.80. The molecule has 20 heavy (non-hydrogen) atoms. The average molecular weight is 273 g/mol. The third kappa shape index (κ3) is 3.73. The van der Waals surface area contributed by atoms with Crippen molar-refractivity contribution < 1.29 is 9.13 Å². The highest BCUT2D eigenvalue weighted by molar-refractivity contribution is 5.64. The second kappa shape index (κ2) is 5.53. The lowest BCUT2D eigenvalue weighted by molar-refractivity contribution is 0.131. The lowest BCUT2D eigenvalue weighted by Gasteiger charge is -2.22. The Balaban J connectivity index is 2.20. The Hall–Kier alpha value is -2.03. The lowest BCUT2D eigenvalue weighted by atomic mass is 10.1. The van der Waals surface area contributed by atoms with Gasteiger partial charge in [-0.3, -0.25) is 0 Å². The van der Waals surface area contributed by atoms with Crippen LogP contribution in [0.5, 0.6) is 5.75 Å². The van der Waals surface area contributed by atoms with Gasteiger partial charge in [0, 0.05) is 5.69 Å². The summed E-state index contributed by atoms with van der Waals surface area (Å²) in [7, 11) is 0. The lowest BCUT2D eigenvalue weighted by Crippen LogP contribution is -2.22. The number of hydrogen-bond acceptors (Lipinski definition) is 2. The van der Waals surface area contributed by atoms with Crippen LogP contribution in [0.3, 0.4) is 0 Å². The maximum absolute atomic E-state index is 13.6. The van der Waals surface area contributed by atoms with E-state index in [1.807, 2.05) is 45.9 Å². The van der Waals surface area contributed by atoms with Gasteiger partial charge in [-0.05, 0) is 63.6 Å². The first kappa shape index (κ1) is 14.4. The molecule has 0 fully saturated rings. The zero-order valence-corrected chi connectivity index (χ0v) is 12.3. The van der Waals surface area contributed by atoms with Crippen LogP contribution >= 0.6 is 0 Å². The van der Waals surface area contributed by atoms with Crippen molar-refractivity contribution in [2.45, 2.75) is 33.3 Å². The van der Waals surface area contributed by atoms with Crippen LogP contribution in [0.1, 0.15) is 26.3 Å². The number of hydrogen-bond donors (Lipinski definition) is 1. The molecule has 0 saturated carbocycles. The van der Waals surface area contributed by atoms with Gasteiger partial charge in [-0.25, -0.2) is 4.39 Å². The first-order chi connectivity index (χ1) is 9.35. The van der Waals surface area contributed by atoms with Gasteiger partial charge in [-0.2, -0.15) is 0 Å². The van der Waals surface area contributed by atoms with E-state index in [-0.39, 0.29) is 11.4 Å². The van der Waals surface area contributed by atoms with Crippen molar-refractivity contribution in [1.82, 2.24) is 0 Å². The third-order valence-electron chi connectivity index (χ3n) is 2.77. The van der Waals surface area contributed by atoms with Crippen molar-refractivity contribution in [1.29, 1.82) is 0 Å². The molecule has 0 saturated heterocycles. The molecule has 2 aromatic carbocycles. The number of anilines is 2. The van der Waals surface area contributed by atoms with E-state index in [2.05, 4.69) is 5.32 Å². The van der Waals surface area contributed by atoms with E-state index in [9.17, 15) is 4.39 Å². The number of nitrogens with one attached hydrogen (secondary N) is 1. The molecule has 0 atom stereocenters. The minimum atomic E-state index is -0.262. The summed E-state index contributed by atoms with van der Waals surface area (Å²) in [5.41, 5.74) is 2.12. The molecule has 2 nitrogen and oxygen atoms in total. The maximum atomic E-state index is 13.6. The van der Waals surface area contributed by atoms with Gasteiger partial charge >= 0.3 is 0 Å². The summed E-state index contributed by atoms with van der Waals surface area (Å²) in [5, 5.41) is 3.10. The van der Waals surface area contributed by atoms with Crippen molar-refractivity contribution in [2.24, 2.45) is 0 Å². The summed E-state index contributed by atoms with van der Waals surface area (Å²) >= 11 is 0. The first-order valence-electron chi connectivity index (χ1n) is 6.66. The fraction of sp³-hybridized carbons (Fsp3) is 0.294. The maximum Gasteiger partial charge on any atom is 0.146 e. The van der Waals surface area contributed by atoms with Crippen LogP contribution in [0.15, 0.2) is 42.5 Å². The molecule has 2 aromatic rings. The SMILES string of the molecule is Cc1cc(OC(C)(C)C)ccc1Nc1ccccc1F. The van der Waals surface area contributed by atoms with Gasteiger partial charge in [0.15, 0.2) is 0 Å². The monoisotopic (exact) mass is 273 g/mol. The fourth-order valence-corrected chi connectivity index (χ4v) is 1.90. The van der Waals surface area contributed by atoms with Crippen molar-refractivity contribution in [3.05, 3.63) is 53.8 Å². The zero-order valence-electron chi connectivity index (χ0n) is 12.3. The third-order valence-corrected chi connectivity index (χ3v) is 2.77. The summed E-state index contributed by atoms with van der Waals surface area (Å²) < 4.78 is 19.4. The van der Waals surface area contributed by atoms with Gasteiger partial charge < -0.3 is 10.1 Å². The van der Waals surface area contributed by atoms with Crippen molar-refractivity contribution in [3.63, 3.8) is 0 Å². The van der Waals surface area contributed by atoms with E-state index in [4.69, 9.17) is 4.74 Å². The van der Waals surface area contributed by atoms with E-state index < -0.39 is 0 Å². The Morgan fingerprint density at radius 3 is 2.30 bits per heavy atom. The predicted molar refractivity (Wildman–Crippen MR) is 81.2 cm³/mol. The molecular weight excluding hydrogens is 253 g/mol. The Morgan fingerprint density at radius 2 is 1.70 bits per heavy atom. The molecule has 3 heteroatoms. The number of halogens is 1. The van der Waals surface area contributed by atoms with E-state index in [1.54, 1.807) is 18.2 Å². The van der Waals surface area contributed by atoms with Crippen LogP contribution in [-0.2, 0) is 0 Å². The summed E-state index contributed by atoms with van der Waals surface area (Å²) in [6, 6.07) is 12.4. The van der Waals surface area contributed by atoms with Gasteiger partial charge in [0.25, 0.3) is 0 Å². The average Bonchev–Trinajstić information content (AvgIpc) is 2.33. The number of rotatable bonds is 3. The molecule has 0 aliphatic rings. The molecule has 106 valence electrons. The van der Waals surface area contributed by atoms with Crippen LogP contribution < -0.4 is 10.1 Å². The van der Waals surface area contributed by atoms with E-state index in [1.165, 1.54) is 6.07 Å². The highest BCUT2D eigenvalue weighted by Crippen LogP contribution is 2.27. The summed E-state index contributed by atoms with van der Waals surface area (Å²) in [6.45, 7) is 7.99. The minimum absolute atomic E-state index is 0.229. The Morgan fingerprint density at radius 1 is 1.00 bits per heavy atom. The van der Waals surface area contributed by atoms with Gasteiger partial charge in [0.05, 0.1) is 5.69 Å². The Labute approximate surface area is 119 Å². The molecule has 2 rings (SSSR count). The second-order valence-electron chi connectivity index (χ2n) is 5.80. The van der Waals surface area contributed by atoms with Gasteiger partial charge in [-0.1, -0.05) is 12.1 Å². The molecule has 0 bridgehead atoms. The molecule has 0 aromatic heterocycles. The summed E-state index contributed by atoms with van der Waals surface area (Å²) in [5.74, 6) is 0.552. The molecule has 0 radical (unpaired) electrons. The van der Waals surface area contributed by atoms with Gasteiger partial charge in [-0.15, -0.1) is 0 Å². The number of ether oxygens (including phenoxy) is 1. The van der Waals surface area contributed by atoms with Gasteiger partial charge in [0.1, 0.15) is 17.2 Å². The zero-order chi connectivity index (χ0) is 14.8. The smallest absolute Gasteiger partial charge is 0.146 e.